The molecule has 0 spiro atoms. The van der Waals surface area contributed by atoms with Crippen molar-refractivity contribution in [3.63, 3.8) is 0 Å². The van der Waals surface area contributed by atoms with Crippen LogP contribution >= 0.6 is 0 Å². The highest BCUT2D eigenvalue weighted by Crippen LogP contribution is 2.33. The van der Waals surface area contributed by atoms with E-state index in [1.807, 2.05) is 24.6 Å². The third kappa shape index (κ3) is 10.3. The predicted octanol–water partition coefficient (Wildman–Crippen LogP) is 3.01. The molecule has 0 aliphatic carbocycles. The van der Waals surface area contributed by atoms with Crippen molar-refractivity contribution >= 4 is 37.4 Å². The number of H-pyrrole nitrogens is 1. The van der Waals surface area contributed by atoms with Gasteiger partial charge in [-0.2, -0.15) is 12.7 Å². The van der Waals surface area contributed by atoms with Gasteiger partial charge in [0.2, 0.25) is 10.0 Å². The maximum Gasteiger partial charge on any atom is 0.394 e. The number of ether oxygens (including phenoxy) is 2. The van der Waals surface area contributed by atoms with Crippen LogP contribution in [-0.2, 0) is 42.9 Å². The van der Waals surface area contributed by atoms with Crippen LogP contribution in [0.1, 0.15) is 53.0 Å². The number of piperazine rings is 1. The average molecular weight is 700 g/mol. The highest BCUT2D eigenvalue weighted by Gasteiger charge is 2.30. The van der Waals surface area contributed by atoms with Crippen molar-refractivity contribution in [2.75, 3.05) is 45.9 Å². The van der Waals surface area contributed by atoms with E-state index in [4.69, 9.17) is 32.0 Å². The quantitative estimate of drug-likeness (QED) is 0.174. The van der Waals surface area contributed by atoms with Crippen LogP contribution in [0, 0.1) is 5.92 Å². The van der Waals surface area contributed by atoms with Crippen LogP contribution in [-0.4, -0.2) is 102 Å². The summed E-state index contributed by atoms with van der Waals surface area (Å²) in [6, 6.07) is 4.75. The number of sulfonamides is 1. The Kier molecular flexibility index (Phi) is 13.5. The standard InChI is InChI=1S/C30H43N5O6S.H2O4S/c1-6-9-22-20-34(8-3)27-26(22)31-28(32-29(27)36)24-19-23(10-11-25(24)40-17-7-2)42(38,39)35-14-12-33(13-15-35)16-18-41-30(37)21(4)5;1-5(2,3)4/h10-11,19-21H,6-9,12-18H2,1-5H3,(H,31,32,36);(H2,1,2,3,4). The lowest BCUT2D eigenvalue weighted by Gasteiger charge is -2.33. The van der Waals surface area contributed by atoms with Crippen molar-refractivity contribution in [1.82, 2.24) is 23.7 Å². The summed E-state index contributed by atoms with van der Waals surface area (Å²) >= 11 is 0. The number of aryl methyl sites for hydroxylation is 2. The second-order valence-corrected chi connectivity index (χ2v) is 14.2. The van der Waals surface area contributed by atoms with Crippen molar-refractivity contribution < 1.29 is 40.2 Å². The fourth-order valence-corrected chi connectivity index (χ4v) is 6.53. The van der Waals surface area contributed by atoms with Gasteiger partial charge in [0.05, 0.1) is 28.5 Å². The highest BCUT2D eigenvalue weighted by molar-refractivity contribution is 7.89. The molecule has 0 atom stereocenters. The van der Waals surface area contributed by atoms with Crippen LogP contribution in [0.5, 0.6) is 5.75 Å². The van der Waals surface area contributed by atoms with Crippen molar-refractivity contribution in [1.29, 1.82) is 0 Å². The third-order valence-electron chi connectivity index (χ3n) is 7.42. The number of rotatable bonds is 13. The summed E-state index contributed by atoms with van der Waals surface area (Å²) in [4.78, 5) is 35.0. The van der Waals surface area contributed by atoms with Crippen molar-refractivity contribution in [2.24, 2.45) is 5.92 Å². The maximum atomic E-state index is 13.7. The summed E-state index contributed by atoms with van der Waals surface area (Å²) in [5, 5.41) is 0. The van der Waals surface area contributed by atoms with E-state index in [2.05, 4.69) is 16.8 Å². The number of fused-ring (bicyclic) bond motifs is 1. The molecule has 0 unspecified atom stereocenters. The monoisotopic (exact) mass is 699 g/mol. The van der Waals surface area contributed by atoms with Gasteiger partial charge in [-0.3, -0.25) is 23.6 Å². The molecule has 1 aromatic carbocycles. The van der Waals surface area contributed by atoms with Crippen LogP contribution in [0.4, 0.5) is 0 Å². The number of esters is 1. The zero-order chi connectivity index (χ0) is 34.9. The Hall–Kier alpha value is -3.35. The largest absolute Gasteiger partial charge is 0.493 e. The fourth-order valence-electron chi connectivity index (χ4n) is 5.08. The molecule has 1 aliphatic rings. The minimum atomic E-state index is -4.67. The topological polar surface area (TPSA) is 201 Å². The second kappa shape index (κ2) is 16.7. The Morgan fingerprint density at radius 2 is 1.68 bits per heavy atom. The minimum absolute atomic E-state index is 0.114. The van der Waals surface area contributed by atoms with Gasteiger partial charge in [0.25, 0.3) is 5.56 Å². The molecule has 3 N–H and O–H groups in total. The number of aromatic nitrogens is 3. The Bertz CT molecular complexity index is 1790. The molecule has 3 heterocycles. The summed E-state index contributed by atoms with van der Waals surface area (Å²) in [5.41, 5.74) is 2.28. The summed E-state index contributed by atoms with van der Waals surface area (Å²) in [5.74, 6) is 0.327. The molecule has 0 bridgehead atoms. The lowest BCUT2D eigenvalue weighted by atomic mass is 10.1. The van der Waals surface area contributed by atoms with E-state index >= 15 is 0 Å². The molecule has 47 heavy (non-hydrogen) atoms. The number of hydrogen-bond donors (Lipinski definition) is 3. The van der Waals surface area contributed by atoms with Crippen LogP contribution in [0.2, 0.25) is 0 Å². The molecule has 3 aromatic rings. The first-order valence-corrected chi connectivity index (χ1v) is 18.4. The fraction of sp³-hybridized carbons (Fsp3) is 0.567. The Morgan fingerprint density at radius 1 is 1.02 bits per heavy atom. The smallest absolute Gasteiger partial charge is 0.394 e. The van der Waals surface area contributed by atoms with E-state index in [1.165, 1.54) is 4.31 Å². The van der Waals surface area contributed by atoms with Crippen LogP contribution in [0.15, 0.2) is 34.1 Å². The van der Waals surface area contributed by atoms with Crippen molar-refractivity contribution in [2.45, 2.75) is 65.3 Å². The molecule has 17 heteroatoms. The highest BCUT2D eigenvalue weighted by atomic mass is 32.3. The van der Waals surface area contributed by atoms with E-state index in [0.29, 0.717) is 68.2 Å². The molecule has 0 radical (unpaired) electrons. The molecule has 15 nitrogen and oxygen atoms in total. The molecule has 1 aliphatic heterocycles. The average Bonchev–Trinajstić information content (AvgIpc) is 3.37. The summed E-state index contributed by atoms with van der Waals surface area (Å²) in [6.45, 7) is 13.2. The van der Waals surface area contributed by atoms with Crippen LogP contribution < -0.4 is 10.3 Å². The van der Waals surface area contributed by atoms with Crippen LogP contribution in [0.25, 0.3) is 22.4 Å². The number of aromatic amines is 1. The Labute approximate surface area is 275 Å². The van der Waals surface area contributed by atoms with E-state index in [0.717, 1.165) is 24.8 Å². The molecular weight excluding hydrogens is 654 g/mol. The predicted molar refractivity (Wildman–Crippen MR) is 176 cm³/mol. The van der Waals surface area contributed by atoms with Crippen molar-refractivity contribution in [3.8, 4) is 17.1 Å². The summed E-state index contributed by atoms with van der Waals surface area (Å²) in [6.07, 6.45) is 4.42. The second-order valence-electron chi connectivity index (χ2n) is 11.3. The Balaban J connectivity index is 0.00000111. The molecule has 0 amide bonds. The number of carbonyl (C=O) groups is 1. The normalized spacial score (nSPS) is 14.6. The van der Waals surface area contributed by atoms with Gasteiger partial charge in [-0.15, -0.1) is 0 Å². The number of hydrogen-bond acceptors (Lipinski definition) is 10. The van der Waals surface area contributed by atoms with Gasteiger partial charge < -0.3 is 19.0 Å². The first kappa shape index (κ1) is 38.1. The lowest BCUT2D eigenvalue weighted by molar-refractivity contribution is -0.147. The van der Waals surface area contributed by atoms with Gasteiger partial charge in [0.1, 0.15) is 23.7 Å². The number of nitrogens with one attached hydrogen (secondary N) is 1. The molecular formula is C30H45N5O10S2. The van der Waals surface area contributed by atoms with E-state index in [1.54, 1.807) is 32.0 Å². The number of carbonyl (C=O) groups excluding carboxylic acids is 1. The number of nitrogens with zero attached hydrogens (tertiary/aromatic N) is 4. The van der Waals surface area contributed by atoms with Gasteiger partial charge in [0, 0.05) is 45.5 Å². The molecule has 1 saturated heterocycles. The minimum Gasteiger partial charge on any atom is -0.493 e. The van der Waals surface area contributed by atoms with Gasteiger partial charge in [-0.05, 0) is 43.5 Å². The molecule has 0 saturated carbocycles. The molecule has 262 valence electrons. The third-order valence-corrected chi connectivity index (χ3v) is 9.31. The van der Waals surface area contributed by atoms with E-state index in [9.17, 15) is 18.0 Å². The zero-order valence-electron chi connectivity index (χ0n) is 27.4. The lowest BCUT2D eigenvalue weighted by Crippen LogP contribution is -2.49. The van der Waals surface area contributed by atoms with Gasteiger partial charge >= 0.3 is 16.4 Å². The first-order valence-electron chi connectivity index (χ1n) is 15.6. The van der Waals surface area contributed by atoms with Crippen molar-refractivity contribution in [3.05, 3.63) is 40.3 Å². The SMILES string of the molecule is CCCOc1ccc(S(=O)(=O)N2CCN(CCOC(=O)C(C)C)CC2)cc1-c1nc2c(CCC)cn(CC)c2c(=O)[nH]1.O=S(=O)(O)O. The maximum absolute atomic E-state index is 13.7. The number of benzene rings is 1. The zero-order valence-corrected chi connectivity index (χ0v) is 29.1. The van der Waals surface area contributed by atoms with E-state index < -0.39 is 20.4 Å². The molecule has 4 rings (SSSR count). The van der Waals surface area contributed by atoms with E-state index in [-0.39, 0.29) is 34.8 Å². The van der Waals surface area contributed by atoms with Crippen LogP contribution in [0.3, 0.4) is 0 Å². The van der Waals surface area contributed by atoms with Gasteiger partial charge in [0.15, 0.2) is 0 Å². The summed E-state index contributed by atoms with van der Waals surface area (Å²) in [7, 11) is -8.49. The Morgan fingerprint density at radius 3 is 2.26 bits per heavy atom. The molecule has 2 aromatic heterocycles. The molecule has 1 fully saturated rings. The van der Waals surface area contributed by atoms with Gasteiger partial charge in [-0.1, -0.05) is 34.1 Å². The van der Waals surface area contributed by atoms with Gasteiger partial charge in [-0.25, -0.2) is 13.4 Å². The first-order chi connectivity index (χ1) is 22.1. The summed E-state index contributed by atoms with van der Waals surface area (Å²) < 4.78 is 73.7.